The second kappa shape index (κ2) is 8.70. The maximum absolute atomic E-state index is 12.2. The number of aryl methyl sites for hydroxylation is 2. The number of carboxylic acid groups (broad SMARTS) is 1. The van der Waals surface area contributed by atoms with E-state index in [1.165, 1.54) is 17.7 Å². The summed E-state index contributed by atoms with van der Waals surface area (Å²) in [6.45, 7) is 0.903. The molecule has 1 heterocycles. The molecular formula is C19H19N5O3. The van der Waals surface area contributed by atoms with Crippen LogP contribution in [0.2, 0.25) is 0 Å². The van der Waals surface area contributed by atoms with E-state index >= 15 is 0 Å². The summed E-state index contributed by atoms with van der Waals surface area (Å²) < 4.78 is 1.63. The number of carbonyl (C=O) groups is 2. The van der Waals surface area contributed by atoms with E-state index in [-0.39, 0.29) is 17.9 Å². The second-order valence-corrected chi connectivity index (χ2v) is 6.01. The van der Waals surface area contributed by atoms with E-state index in [4.69, 9.17) is 5.11 Å². The summed E-state index contributed by atoms with van der Waals surface area (Å²) in [4.78, 5) is 23.0. The molecule has 27 heavy (non-hydrogen) atoms. The fourth-order valence-corrected chi connectivity index (χ4v) is 2.58. The minimum atomic E-state index is -0.979. The van der Waals surface area contributed by atoms with Gasteiger partial charge in [-0.05, 0) is 40.1 Å². The molecule has 0 bridgehead atoms. The zero-order valence-electron chi connectivity index (χ0n) is 14.6. The summed E-state index contributed by atoms with van der Waals surface area (Å²) >= 11 is 0. The predicted octanol–water partition coefficient (Wildman–Crippen LogP) is 1.47. The molecule has 0 aliphatic rings. The minimum absolute atomic E-state index is 0.0784. The van der Waals surface area contributed by atoms with E-state index in [0.29, 0.717) is 18.9 Å². The quantitative estimate of drug-likeness (QED) is 0.626. The fourth-order valence-electron chi connectivity index (χ4n) is 2.58. The van der Waals surface area contributed by atoms with Crippen molar-refractivity contribution in [2.24, 2.45) is 0 Å². The van der Waals surface area contributed by atoms with Crippen LogP contribution in [-0.4, -0.2) is 37.2 Å². The fraction of sp³-hybridized carbons (Fsp3) is 0.211. The maximum Gasteiger partial charge on any atom is 0.335 e. The van der Waals surface area contributed by atoms with Crippen molar-refractivity contribution in [1.82, 2.24) is 25.5 Å². The van der Waals surface area contributed by atoms with Crippen LogP contribution < -0.4 is 5.32 Å². The van der Waals surface area contributed by atoms with E-state index in [9.17, 15) is 9.59 Å². The summed E-state index contributed by atoms with van der Waals surface area (Å²) in [6, 6.07) is 16.4. The van der Waals surface area contributed by atoms with Gasteiger partial charge >= 0.3 is 5.97 Å². The first-order valence-corrected chi connectivity index (χ1v) is 8.50. The Kier molecular flexibility index (Phi) is 5.88. The molecule has 0 saturated carbocycles. The topological polar surface area (TPSA) is 110 Å². The highest BCUT2D eigenvalue weighted by Gasteiger charge is 2.11. The second-order valence-electron chi connectivity index (χ2n) is 6.01. The lowest BCUT2D eigenvalue weighted by Gasteiger charge is -2.07. The van der Waals surface area contributed by atoms with Crippen LogP contribution >= 0.6 is 0 Å². The molecule has 0 fully saturated rings. The van der Waals surface area contributed by atoms with Gasteiger partial charge in [-0.25, -0.2) is 9.48 Å². The first-order chi connectivity index (χ1) is 13.1. The van der Waals surface area contributed by atoms with Crippen molar-refractivity contribution < 1.29 is 14.7 Å². The Labute approximate surface area is 155 Å². The average molecular weight is 365 g/mol. The highest BCUT2D eigenvalue weighted by Crippen LogP contribution is 2.05. The van der Waals surface area contributed by atoms with Crippen molar-refractivity contribution in [3.8, 4) is 0 Å². The van der Waals surface area contributed by atoms with E-state index in [0.717, 1.165) is 12.0 Å². The molecule has 138 valence electrons. The summed E-state index contributed by atoms with van der Waals surface area (Å²) in [5, 5.41) is 23.2. The first kappa shape index (κ1) is 18.2. The number of benzene rings is 2. The molecule has 0 aliphatic carbocycles. The molecule has 3 aromatic rings. The number of tetrazole rings is 1. The SMILES string of the molecule is O=C(Cc1nnnn1CCc1ccccc1)NCc1ccc(C(=O)O)cc1. The van der Waals surface area contributed by atoms with Crippen molar-refractivity contribution in [3.05, 3.63) is 77.1 Å². The molecule has 0 radical (unpaired) electrons. The number of nitrogens with one attached hydrogen (secondary N) is 1. The maximum atomic E-state index is 12.2. The standard InChI is InChI=1S/C19H19N5O3/c25-18(20-13-15-6-8-16(9-7-15)19(26)27)12-17-21-22-23-24(17)11-10-14-4-2-1-3-5-14/h1-9H,10-13H2,(H,20,25)(H,26,27). The van der Waals surface area contributed by atoms with Gasteiger partial charge in [-0.15, -0.1) is 5.10 Å². The van der Waals surface area contributed by atoms with Crippen LogP contribution in [0.1, 0.15) is 27.3 Å². The third-order valence-electron chi connectivity index (χ3n) is 4.07. The Morgan fingerprint density at radius 1 is 1.00 bits per heavy atom. The molecule has 2 aromatic carbocycles. The molecular weight excluding hydrogens is 346 g/mol. The Morgan fingerprint density at radius 3 is 2.44 bits per heavy atom. The third kappa shape index (κ3) is 5.21. The average Bonchev–Trinajstić information content (AvgIpc) is 3.13. The summed E-state index contributed by atoms with van der Waals surface area (Å²) in [7, 11) is 0. The van der Waals surface area contributed by atoms with Gasteiger partial charge in [-0.2, -0.15) is 0 Å². The van der Waals surface area contributed by atoms with Crippen molar-refractivity contribution >= 4 is 11.9 Å². The summed E-state index contributed by atoms with van der Waals surface area (Å²) in [5.74, 6) is -0.675. The molecule has 2 N–H and O–H groups in total. The monoisotopic (exact) mass is 365 g/mol. The van der Waals surface area contributed by atoms with Gasteiger partial charge in [-0.3, -0.25) is 4.79 Å². The molecule has 1 amide bonds. The molecule has 1 aromatic heterocycles. The number of aromatic nitrogens is 4. The van der Waals surface area contributed by atoms with Crippen molar-refractivity contribution in [2.45, 2.75) is 25.9 Å². The number of aromatic carboxylic acids is 1. The predicted molar refractivity (Wildman–Crippen MR) is 96.9 cm³/mol. The van der Waals surface area contributed by atoms with Crippen molar-refractivity contribution in [3.63, 3.8) is 0 Å². The molecule has 0 spiro atoms. The number of nitrogens with zero attached hydrogens (tertiary/aromatic N) is 4. The summed E-state index contributed by atoms with van der Waals surface area (Å²) in [5.41, 5.74) is 2.20. The van der Waals surface area contributed by atoms with Gasteiger partial charge < -0.3 is 10.4 Å². The normalized spacial score (nSPS) is 10.5. The molecule has 0 aliphatic heterocycles. The Morgan fingerprint density at radius 2 is 1.74 bits per heavy atom. The molecule has 8 heteroatoms. The van der Waals surface area contributed by atoms with Gasteiger partial charge in [0.25, 0.3) is 0 Å². The first-order valence-electron chi connectivity index (χ1n) is 8.50. The number of amides is 1. The lowest BCUT2D eigenvalue weighted by atomic mass is 10.1. The molecule has 8 nitrogen and oxygen atoms in total. The lowest BCUT2D eigenvalue weighted by Crippen LogP contribution is -2.26. The lowest BCUT2D eigenvalue weighted by molar-refractivity contribution is -0.120. The van der Waals surface area contributed by atoms with Crippen LogP contribution in [0, 0.1) is 0 Å². The van der Waals surface area contributed by atoms with Crippen molar-refractivity contribution in [1.29, 1.82) is 0 Å². The molecule has 0 unspecified atom stereocenters. The largest absolute Gasteiger partial charge is 0.478 e. The minimum Gasteiger partial charge on any atom is -0.478 e. The number of carboxylic acids is 1. The zero-order chi connectivity index (χ0) is 19.1. The molecule has 0 saturated heterocycles. The van der Waals surface area contributed by atoms with Gasteiger partial charge in [0.15, 0.2) is 5.82 Å². The van der Waals surface area contributed by atoms with Gasteiger partial charge in [0.05, 0.1) is 12.0 Å². The van der Waals surface area contributed by atoms with Crippen molar-refractivity contribution in [2.75, 3.05) is 0 Å². The van der Waals surface area contributed by atoms with Gasteiger partial charge in [0.1, 0.15) is 0 Å². The smallest absolute Gasteiger partial charge is 0.335 e. The Bertz CT molecular complexity index is 907. The number of rotatable bonds is 8. The highest BCUT2D eigenvalue weighted by atomic mass is 16.4. The van der Waals surface area contributed by atoms with Crippen LogP contribution in [0.5, 0.6) is 0 Å². The number of hydrogen-bond donors (Lipinski definition) is 2. The molecule has 3 rings (SSSR count). The van der Waals surface area contributed by atoms with Gasteiger partial charge in [0.2, 0.25) is 5.91 Å². The Hall–Kier alpha value is -3.55. The van der Waals surface area contributed by atoms with E-state index in [1.807, 2.05) is 30.3 Å². The molecule has 0 atom stereocenters. The van der Waals surface area contributed by atoms with Crippen LogP contribution in [0.25, 0.3) is 0 Å². The Balaban J connectivity index is 1.51. The van der Waals surface area contributed by atoms with Gasteiger partial charge in [0, 0.05) is 13.1 Å². The summed E-state index contributed by atoms with van der Waals surface area (Å²) in [6.07, 6.45) is 0.853. The van der Waals surface area contributed by atoms with Gasteiger partial charge in [-0.1, -0.05) is 42.5 Å². The van der Waals surface area contributed by atoms with Crippen LogP contribution in [0.15, 0.2) is 54.6 Å². The third-order valence-corrected chi connectivity index (χ3v) is 4.07. The van der Waals surface area contributed by atoms with E-state index in [1.54, 1.807) is 16.8 Å². The van der Waals surface area contributed by atoms with E-state index in [2.05, 4.69) is 20.8 Å². The highest BCUT2D eigenvalue weighted by molar-refractivity contribution is 5.87. The van der Waals surface area contributed by atoms with Crippen LogP contribution in [0.3, 0.4) is 0 Å². The van der Waals surface area contributed by atoms with Crippen LogP contribution in [-0.2, 0) is 30.7 Å². The number of carbonyl (C=O) groups excluding carboxylic acids is 1. The number of hydrogen-bond acceptors (Lipinski definition) is 5. The van der Waals surface area contributed by atoms with E-state index < -0.39 is 5.97 Å². The zero-order valence-corrected chi connectivity index (χ0v) is 14.6. The van der Waals surface area contributed by atoms with Crippen LogP contribution in [0.4, 0.5) is 0 Å².